The molecule has 0 aliphatic carbocycles. The Morgan fingerprint density at radius 2 is 2.00 bits per heavy atom. The van der Waals surface area contributed by atoms with Crippen molar-refractivity contribution in [2.24, 2.45) is 0 Å². The molecule has 0 unspecified atom stereocenters. The number of carbonyl (C=O) groups is 1. The third kappa shape index (κ3) is 3.12. The number of pyridine rings is 1. The molecule has 2 aromatic rings. The molecule has 0 saturated carbocycles. The van der Waals surface area contributed by atoms with Gasteiger partial charge < -0.3 is 10.1 Å². The fourth-order valence-corrected chi connectivity index (χ4v) is 3.81. The number of fused-ring (bicyclic) bond motifs is 1. The van der Waals surface area contributed by atoms with Crippen LogP contribution in [0.5, 0.6) is 5.75 Å². The van der Waals surface area contributed by atoms with Gasteiger partial charge in [0.05, 0.1) is 12.6 Å². The molecule has 2 heterocycles. The van der Waals surface area contributed by atoms with Crippen molar-refractivity contribution in [3.8, 4) is 5.75 Å². The van der Waals surface area contributed by atoms with Crippen LogP contribution in [0.15, 0.2) is 53.7 Å². The summed E-state index contributed by atoms with van der Waals surface area (Å²) in [6.07, 6.45) is 1.99. The molecule has 1 N–H and O–H groups in total. The molecule has 2 atom stereocenters. The van der Waals surface area contributed by atoms with Gasteiger partial charge in [-0.3, -0.25) is 4.79 Å². The summed E-state index contributed by atoms with van der Waals surface area (Å²) in [5, 5.41) is 1.51. The fraction of sp³-hybridized carbons (Fsp3) is 0.294. The van der Waals surface area contributed by atoms with Crippen molar-refractivity contribution in [1.29, 1.82) is 0 Å². The monoisotopic (exact) mass is 346 g/mol. The lowest BCUT2D eigenvalue weighted by Gasteiger charge is -2.27. The van der Waals surface area contributed by atoms with Crippen molar-refractivity contribution in [3.63, 3.8) is 0 Å². The molecule has 1 aromatic heterocycles. The molecule has 0 radical (unpaired) electrons. The summed E-state index contributed by atoms with van der Waals surface area (Å²) in [5.74, 6) is 0.177. The van der Waals surface area contributed by atoms with Crippen LogP contribution in [-0.4, -0.2) is 31.2 Å². The molecule has 1 aliphatic heterocycles. The number of ether oxygens (including phenoxy) is 1. The Morgan fingerprint density at radius 3 is 2.75 bits per heavy atom. The van der Waals surface area contributed by atoms with Crippen molar-refractivity contribution in [1.82, 2.24) is 10.3 Å². The number of hydrogen-bond acceptors (Lipinski definition) is 5. The minimum absolute atomic E-state index is 0.0972. The van der Waals surface area contributed by atoms with E-state index < -0.39 is 21.0 Å². The van der Waals surface area contributed by atoms with Gasteiger partial charge in [-0.15, -0.1) is 0 Å². The van der Waals surface area contributed by atoms with Gasteiger partial charge in [-0.1, -0.05) is 24.3 Å². The lowest BCUT2D eigenvalue weighted by atomic mass is 10.0. The second kappa shape index (κ2) is 6.60. The van der Waals surface area contributed by atoms with Gasteiger partial charge in [0.25, 0.3) is 0 Å². The Morgan fingerprint density at radius 1 is 1.25 bits per heavy atom. The molecule has 0 bridgehead atoms. The zero-order valence-electron chi connectivity index (χ0n) is 13.2. The van der Waals surface area contributed by atoms with Crippen molar-refractivity contribution >= 4 is 15.7 Å². The summed E-state index contributed by atoms with van der Waals surface area (Å²) < 4.78 is 30.6. The van der Waals surface area contributed by atoms with Crippen LogP contribution in [-0.2, 0) is 14.6 Å². The Hall–Kier alpha value is -2.41. The molecule has 0 fully saturated rings. The number of para-hydroxylation sites is 1. The number of sulfone groups is 1. The summed E-state index contributed by atoms with van der Waals surface area (Å²) in [6, 6.07) is 11.8. The number of hydrogen-bond donors (Lipinski definition) is 1. The highest BCUT2D eigenvalue weighted by atomic mass is 32.2. The van der Waals surface area contributed by atoms with E-state index in [2.05, 4.69) is 10.3 Å². The zero-order chi connectivity index (χ0) is 17.2. The van der Waals surface area contributed by atoms with Crippen LogP contribution in [0.2, 0.25) is 0 Å². The molecule has 1 aromatic carbocycles. The van der Waals surface area contributed by atoms with E-state index in [1.165, 1.54) is 19.2 Å². The number of nitrogens with one attached hydrogen (secondary N) is 1. The van der Waals surface area contributed by atoms with Crippen LogP contribution in [0.1, 0.15) is 24.9 Å². The second-order valence-electron chi connectivity index (χ2n) is 5.59. The number of nitrogens with zero attached hydrogens (tertiary/aromatic N) is 1. The van der Waals surface area contributed by atoms with Gasteiger partial charge in [0.2, 0.25) is 15.7 Å². The van der Waals surface area contributed by atoms with Gasteiger partial charge in [-0.2, -0.15) is 0 Å². The first-order chi connectivity index (χ1) is 11.5. The maximum absolute atomic E-state index is 12.5. The minimum Gasteiger partial charge on any atom is -0.493 e. The first-order valence-electron chi connectivity index (χ1n) is 7.67. The van der Waals surface area contributed by atoms with E-state index in [9.17, 15) is 13.2 Å². The van der Waals surface area contributed by atoms with E-state index in [1.807, 2.05) is 24.3 Å². The van der Waals surface area contributed by atoms with Gasteiger partial charge in [-0.05, 0) is 25.1 Å². The van der Waals surface area contributed by atoms with Crippen LogP contribution in [0.3, 0.4) is 0 Å². The number of aromatic nitrogens is 1. The van der Waals surface area contributed by atoms with Crippen LogP contribution >= 0.6 is 0 Å². The average Bonchev–Trinajstić information content (AvgIpc) is 2.62. The number of amides is 1. The molecule has 6 nitrogen and oxygen atoms in total. The van der Waals surface area contributed by atoms with Crippen LogP contribution in [0.25, 0.3) is 0 Å². The summed E-state index contributed by atoms with van der Waals surface area (Å²) in [7, 11) is -3.82. The predicted octanol–water partition coefficient (Wildman–Crippen LogP) is 1.88. The Balaban J connectivity index is 1.79. The predicted molar refractivity (Wildman–Crippen MR) is 88.3 cm³/mol. The SMILES string of the molecule is C[C@@H](C(=O)N[C@H]1CCOc2ccccc21)S(=O)(=O)c1ccccn1. The summed E-state index contributed by atoms with van der Waals surface area (Å²) in [4.78, 5) is 16.3. The van der Waals surface area contributed by atoms with Gasteiger partial charge in [-0.25, -0.2) is 13.4 Å². The first kappa shape index (κ1) is 16.4. The van der Waals surface area contributed by atoms with E-state index in [4.69, 9.17) is 4.74 Å². The van der Waals surface area contributed by atoms with E-state index in [-0.39, 0.29) is 11.1 Å². The van der Waals surface area contributed by atoms with Crippen LogP contribution in [0, 0.1) is 0 Å². The van der Waals surface area contributed by atoms with Gasteiger partial charge in [0.1, 0.15) is 11.0 Å². The standard InChI is InChI=1S/C17H18N2O4S/c1-12(24(21,22)16-8-4-5-10-18-16)17(20)19-14-9-11-23-15-7-3-2-6-13(14)15/h2-8,10,12,14H,9,11H2,1H3,(H,19,20)/t12-,14-/m0/s1. The second-order valence-corrected chi connectivity index (χ2v) is 7.81. The molecule has 0 saturated heterocycles. The lowest BCUT2D eigenvalue weighted by molar-refractivity contribution is -0.121. The topological polar surface area (TPSA) is 85.4 Å². The molecular weight excluding hydrogens is 328 g/mol. The largest absolute Gasteiger partial charge is 0.493 e. The highest BCUT2D eigenvalue weighted by Gasteiger charge is 2.33. The van der Waals surface area contributed by atoms with Crippen molar-refractivity contribution < 1.29 is 17.9 Å². The zero-order valence-corrected chi connectivity index (χ0v) is 14.0. The number of benzene rings is 1. The smallest absolute Gasteiger partial charge is 0.238 e. The maximum Gasteiger partial charge on any atom is 0.238 e. The van der Waals surface area contributed by atoms with Crippen LogP contribution < -0.4 is 10.1 Å². The quantitative estimate of drug-likeness (QED) is 0.914. The van der Waals surface area contributed by atoms with E-state index in [0.717, 1.165) is 5.56 Å². The normalized spacial score (nSPS) is 18.1. The average molecular weight is 346 g/mol. The van der Waals surface area contributed by atoms with Crippen LogP contribution in [0.4, 0.5) is 0 Å². The Bertz CT molecular complexity index is 837. The number of carbonyl (C=O) groups excluding carboxylic acids is 1. The maximum atomic E-state index is 12.5. The molecule has 7 heteroatoms. The summed E-state index contributed by atoms with van der Waals surface area (Å²) in [5.41, 5.74) is 0.861. The van der Waals surface area contributed by atoms with Gasteiger partial charge in [0.15, 0.2) is 5.03 Å². The third-order valence-electron chi connectivity index (χ3n) is 4.04. The fourth-order valence-electron chi connectivity index (χ4n) is 2.62. The van der Waals surface area contributed by atoms with E-state index >= 15 is 0 Å². The lowest BCUT2D eigenvalue weighted by Crippen LogP contribution is -2.41. The molecule has 0 spiro atoms. The Labute approximate surface area is 140 Å². The van der Waals surface area contributed by atoms with Gasteiger partial charge in [0, 0.05) is 18.2 Å². The summed E-state index contributed by atoms with van der Waals surface area (Å²) in [6.45, 7) is 1.86. The van der Waals surface area contributed by atoms with Crippen molar-refractivity contribution in [2.45, 2.75) is 29.7 Å². The molecular formula is C17H18N2O4S. The van der Waals surface area contributed by atoms with E-state index in [0.29, 0.717) is 18.8 Å². The Kier molecular flexibility index (Phi) is 4.53. The van der Waals surface area contributed by atoms with Crippen molar-refractivity contribution in [2.75, 3.05) is 6.61 Å². The summed E-state index contributed by atoms with van der Waals surface area (Å²) >= 11 is 0. The molecule has 24 heavy (non-hydrogen) atoms. The third-order valence-corrected chi connectivity index (χ3v) is 6.01. The molecule has 1 aliphatic rings. The first-order valence-corrected chi connectivity index (χ1v) is 9.22. The molecule has 126 valence electrons. The molecule has 1 amide bonds. The molecule has 3 rings (SSSR count). The number of rotatable bonds is 4. The van der Waals surface area contributed by atoms with Crippen molar-refractivity contribution in [3.05, 3.63) is 54.2 Å². The van der Waals surface area contributed by atoms with Gasteiger partial charge >= 0.3 is 0 Å². The van der Waals surface area contributed by atoms with E-state index in [1.54, 1.807) is 12.1 Å². The minimum atomic E-state index is -3.82. The highest BCUT2D eigenvalue weighted by Crippen LogP contribution is 2.31. The highest BCUT2D eigenvalue weighted by molar-refractivity contribution is 7.92.